The third kappa shape index (κ3) is 2.93. The zero-order valence-electron chi connectivity index (χ0n) is 10.1. The molecule has 1 heterocycles. The molecule has 2 rings (SSSR count). The van der Waals surface area contributed by atoms with Crippen molar-refractivity contribution in [3.63, 3.8) is 0 Å². The van der Waals surface area contributed by atoms with Crippen molar-refractivity contribution < 1.29 is 18.1 Å². The fourth-order valence-corrected chi connectivity index (χ4v) is 2.36. The van der Waals surface area contributed by atoms with Gasteiger partial charge in [-0.25, -0.2) is 4.98 Å². The Bertz CT molecular complexity index is 655. The van der Waals surface area contributed by atoms with E-state index >= 15 is 0 Å². The van der Waals surface area contributed by atoms with Crippen LogP contribution in [0.3, 0.4) is 0 Å². The smallest absolute Gasteiger partial charge is 0.329 e. The number of benzene rings is 1. The highest BCUT2D eigenvalue weighted by Gasteiger charge is 2.38. The number of hydrogen-bond acceptors (Lipinski definition) is 4. The summed E-state index contributed by atoms with van der Waals surface area (Å²) < 4.78 is 40.1. The molecule has 0 spiro atoms. The summed E-state index contributed by atoms with van der Waals surface area (Å²) in [6.07, 6.45) is -1.61. The average Bonchev–Trinajstić information content (AvgIpc) is 2.73. The molecule has 0 unspecified atom stereocenters. The Morgan fingerprint density at radius 1 is 1.40 bits per heavy atom. The van der Waals surface area contributed by atoms with E-state index in [4.69, 9.17) is 0 Å². The molecule has 20 heavy (non-hydrogen) atoms. The second-order valence-corrected chi connectivity index (χ2v) is 4.90. The first-order valence-corrected chi connectivity index (χ1v) is 6.11. The van der Waals surface area contributed by atoms with Crippen LogP contribution in [-0.4, -0.2) is 14.5 Å². The third-order valence-corrected chi connectivity index (χ3v) is 3.52. The van der Waals surface area contributed by atoms with Crippen LogP contribution in [0.15, 0.2) is 40.6 Å². The molecule has 0 amide bonds. The maximum Gasteiger partial charge on any atom is 0.423 e. The largest absolute Gasteiger partial charge is 0.423 e. The number of nitrogens with zero attached hydrogens (tertiary/aromatic N) is 3. The molecule has 106 valence electrons. The Morgan fingerprint density at radius 3 is 2.60 bits per heavy atom. The van der Waals surface area contributed by atoms with Crippen molar-refractivity contribution in [1.29, 1.82) is 0 Å². The Hall–Kier alpha value is -2.03. The normalized spacial score (nSPS) is 11.6. The van der Waals surface area contributed by atoms with Crippen molar-refractivity contribution in [3.8, 4) is 0 Å². The van der Waals surface area contributed by atoms with Crippen LogP contribution in [-0.2, 0) is 13.2 Å². The second-order valence-electron chi connectivity index (χ2n) is 3.86. The van der Waals surface area contributed by atoms with E-state index in [0.717, 1.165) is 23.9 Å². The van der Waals surface area contributed by atoms with Crippen LogP contribution < -0.4 is 0 Å². The number of imidazole rings is 1. The van der Waals surface area contributed by atoms with Crippen molar-refractivity contribution in [3.05, 3.63) is 46.3 Å². The number of nitro groups is 1. The van der Waals surface area contributed by atoms with E-state index in [1.807, 2.05) is 0 Å². The second kappa shape index (κ2) is 5.16. The van der Waals surface area contributed by atoms with E-state index in [-0.39, 0.29) is 4.90 Å². The van der Waals surface area contributed by atoms with E-state index in [2.05, 4.69) is 4.98 Å². The Kier molecular flexibility index (Phi) is 3.71. The lowest BCUT2D eigenvalue weighted by molar-refractivity contribution is -0.388. The topological polar surface area (TPSA) is 61.0 Å². The fraction of sp³-hybridized carbons (Fsp3) is 0.182. The predicted octanol–water partition coefficient (Wildman–Crippen LogP) is 3.50. The molecular formula is C11H8F3N3O2S. The number of alkyl halides is 3. The Labute approximate surface area is 115 Å². The minimum atomic E-state index is -4.78. The fourth-order valence-electron chi connectivity index (χ4n) is 1.52. The summed E-state index contributed by atoms with van der Waals surface area (Å²) in [5.41, 5.74) is -2.22. The summed E-state index contributed by atoms with van der Waals surface area (Å²) >= 11 is 1.00. The quantitative estimate of drug-likeness (QED) is 0.643. The molecule has 0 saturated heterocycles. The minimum absolute atomic E-state index is 0.234. The molecule has 1 aromatic heterocycles. The van der Waals surface area contributed by atoms with Crippen LogP contribution in [0.2, 0.25) is 0 Å². The summed E-state index contributed by atoms with van der Waals surface area (Å²) in [4.78, 5) is 13.8. The number of halogens is 3. The van der Waals surface area contributed by atoms with E-state index in [1.54, 1.807) is 17.8 Å². The highest BCUT2D eigenvalue weighted by atomic mass is 32.2. The van der Waals surface area contributed by atoms with Gasteiger partial charge in [-0.15, -0.1) is 0 Å². The summed E-state index contributed by atoms with van der Waals surface area (Å²) in [5, 5.41) is 11.1. The summed E-state index contributed by atoms with van der Waals surface area (Å²) in [7, 11) is 1.70. The number of hydrogen-bond donors (Lipinski definition) is 0. The molecule has 0 bridgehead atoms. The molecule has 0 radical (unpaired) electrons. The molecule has 0 fully saturated rings. The van der Waals surface area contributed by atoms with Gasteiger partial charge < -0.3 is 4.57 Å². The van der Waals surface area contributed by atoms with Gasteiger partial charge in [0, 0.05) is 30.4 Å². The summed E-state index contributed by atoms with van der Waals surface area (Å²) in [6, 6.07) is 2.89. The maximum absolute atomic E-state index is 12.8. The van der Waals surface area contributed by atoms with Crippen LogP contribution in [0.1, 0.15) is 5.56 Å². The predicted molar refractivity (Wildman–Crippen MR) is 65.4 cm³/mol. The standard InChI is InChI=1S/C11H8F3N3O2S/c1-16-5-4-15-10(16)20-7-2-3-9(17(18)19)8(6-7)11(12,13)14/h2-6H,1H3. The zero-order chi connectivity index (χ0) is 14.9. The van der Waals surface area contributed by atoms with E-state index in [0.29, 0.717) is 5.16 Å². The van der Waals surface area contributed by atoms with Crippen molar-refractivity contribution in [2.45, 2.75) is 16.2 Å². The van der Waals surface area contributed by atoms with Gasteiger partial charge in [0.25, 0.3) is 5.69 Å². The molecule has 9 heteroatoms. The third-order valence-electron chi connectivity index (χ3n) is 2.46. The first-order chi connectivity index (χ1) is 9.29. The van der Waals surface area contributed by atoms with Crippen LogP contribution in [0.25, 0.3) is 0 Å². The molecule has 0 aliphatic carbocycles. The van der Waals surface area contributed by atoms with Crippen LogP contribution in [0, 0.1) is 10.1 Å². The average molecular weight is 303 g/mol. The first kappa shape index (κ1) is 14.4. The number of aromatic nitrogens is 2. The van der Waals surface area contributed by atoms with Gasteiger partial charge in [0.05, 0.1) is 4.92 Å². The van der Waals surface area contributed by atoms with Gasteiger partial charge in [0.2, 0.25) is 0 Å². The van der Waals surface area contributed by atoms with Gasteiger partial charge in [-0.05, 0) is 12.1 Å². The van der Waals surface area contributed by atoms with E-state index < -0.39 is 22.4 Å². The SMILES string of the molecule is Cn1ccnc1Sc1ccc([N+](=O)[O-])c(C(F)(F)F)c1. The lowest BCUT2D eigenvalue weighted by Gasteiger charge is -2.09. The first-order valence-electron chi connectivity index (χ1n) is 5.30. The van der Waals surface area contributed by atoms with E-state index in [1.165, 1.54) is 12.3 Å². The lowest BCUT2D eigenvalue weighted by atomic mass is 10.2. The highest BCUT2D eigenvalue weighted by molar-refractivity contribution is 7.99. The molecule has 1 aromatic carbocycles. The molecule has 0 saturated carbocycles. The van der Waals surface area contributed by atoms with E-state index in [9.17, 15) is 23.3 Å². The molecule has 0 atom stereocenters. The van der Waals surface area contributed by atoms with Crippen molar-refractivity contribution in [2.75, 3.05) is 0 Å². The number of nitro benzene ring substituents is 1. The van der Waals surface area contributed by atoms with Gasteiger partial charge in [-0.3, -0.25) is 10.1 Å². The highest BCUT2D eigenvalue weighted by Crippen LogP contribution is 2.39. The summed E-state index contributed by atoms with van der Waals surface area (Å²) in [5.74, 6) is 0. The molecular weight excluding hydrogens is 295 g/mol. The van der Waals surface area contributed by atoms with Gasteiger partial charge in [-0.1, -0.05) is 11.8 Å². The summed E-state index contributed by atoms with van der Waals surface area (Å²) in [6.45, 7) is 0. The van der Waals surface area contributed by atoms with Crippen LogP contribution >= 0.6 is 11.8 Å². The van der Waals surface area contributed by atoms with Crippen molar-refractivity contribution in [1.82, 2.24) is 9.55 Å². The molecule has 0 aliphatic heterocycles. The number of aryl methyl sites for hydroxylation is 1. The molecule has 5 nitrogen and oxygen atoms in total. The monoisotopic (exact) mass is 303 g/mol. The Balaban J connectivity index is 2.42. The van der Waals surface area contributed by atoms with Crippen LogP contribution in [0.4, 0.5) is 18.9 Å². The molecule has 0 aliphatic rings. The van der Waals surface area contributed by atoms with Gasteiger partial charge in [0.1, 0.15) is 5.56 Å². The Morgan fingerprint density at radius 2 is 2.10 bits per heavy atom. The van der Waals surface area contributed by atoms with Gasteiger partial charge in [0.15, 0.2) is 5.16 Å². The van der Waals surface area contributed by atoms with Gasteiger partial charge in [-0.2, -0.15) is 13.2 Å². The maximum atomic E-state index is 12.8. The van der Waals surface area contributed by atoms with Crippen molar-refractivity contribution in [2.24, 2.45) is 7.05 Å². The minimum Gasteiger partial charge on any atom is -0.329 e. The molecule has 2 aromatic rings. The lowest BCUT2D eigenvalue weighted by Crippen LogP contribution is -2.09. The number of rotatable bonds is 3. The van der Waals surface area contributed by atoms with Crippen molar-refractivity contribution >= 4 is 17.4 Å². The molecule has 0 N–H and O–H groups in total. The van der Waals surface area contributed by atoms with Crippen LogP contribution in [0.5, 0.6) is 0 Å². The zero-order valence-corrected chi connectivity index (χ0v) is 10.9. The van der Waals surface area contributed by atoms with Gasteiger partial charge >= 0.3 is 6.18 Å².